The van der Waals surface area contributed by atoms with E-state index in [9.17, 15) is 4.79 Å². The maximum atomic E-state index is 11.3. The number of nitrogens with zero attached hydrogens (tertiary/aromatic N) is 4. The Morgan fingerprint density at radius 2 is 2.04 bits per heavy atom. The molecule has 25 heavy (non-hydrogen) atoms. The number of hydrogen-bond acceptors (Lipinski definition) is 7. The molecule has 0 aliphatic rings. The molecule has 2 rings (SSSR count). The maximum absolute atomic E-state index is 11.3. The number of guanidine groups is 1. The summed E-state index contributed by atoms with van der Waals surface area (Å²) < 4.78 is 9.85. The van der Waals surface area contributed by atoms with E-state index in [0.29, 0.717) is 30.5 Å². The second kappa shape index (κ2) is 9.13. The van der Waals surface area contributed by atoms with Crippen molar-refractivity contribution in [3.8, 4) is 11.3 Å². The number of aromatic nitrogens is 3. The van der Waals surface area contributed by atoms with Gasteiger partial charge in [0.05, 0.1) is 18.0 Å². The molecule has 10 heteroatoms. The van der Waals surface area contributed by atoms with Crippen LogP contribution in [0.2, 0.25) is 0 Å². The fourth-order valence-electron chi connectivity index (χ4n) is 1.81. The number of methoxy groups -OCH3 is 1. The van der Waals surface area contributed by atoms with Gasteiger partial charge < -0.3 is 26.3 Å². The Bertz CT molecular complexity index is 730. The second-order valence-electron chi connectivity index (χ2n) is 4.82. The van der Waals surface area contributed by atoms with Gasteiger partial charge in [-0.2, -0.15) is 0 Å². The van der Waals surface area contributed by atoms with Crippen LogP contribution < -0.4 is 16.8 Å². The summed E-state index contributed by atoms with van der Waals surface area (Å²) in [5.74, 6) is 0.145. The van der Waals surface area contributed by atoms with Gasteiger partial charge >= 0.3 is 6.09 Å². The summed E-state index contributed by atoms with van der Waals surface area (Å²) in [7, 11) is 1.62. The van der Waals surface area contributed by atoms with Gasteiger partial charge in [-0.1, -0.05) is 6.07 Å². The summed E-state index contributed by atoms with van der Waals surface area (Å²) in [6, 6.07) is 5.31. The maximum Gasteiger partial charge on any atom is 0.437 e. The molecule has 0 unspecified atom stereocenters. The highest BCUT2D eigenvalue weighted by Gasteiger charge is 2.06. The minimum Gasteiger partial charge on any atom is -0.441 e. The Balaban J connectivity index is 2.00. The quantitative estimate of drug-likeness (QED) is 0.370. The summed E-state index contributed by atoms with van der Waals surface area (Å²) >= 11 is 0. The zero-order chi connectivity index (χ0) is 18.1. The van der Waals surface area contributed by atoms with Gasteiger partial charge in [-0.3, -0.25) is 0 Å². The van der Waals surface area contributed by atoms with Crippen molar-refractivity contribution >= 4 is 18.0 Å². The van der Waals surface area contributed by atoms with Crippen LogP contribution >= 0.6 is 0 Å². The normalized spacial score (nSPS) is 10.1. The van der Waals surface area contributed by atoms with Crippen LogP contribution in [0.5, 0.6) is 0 Å². The van der Waals surface area contributed by atoms with Crippen LogP contribution in [-0.4, -0.2) is 47.3 Å². The molecule has 1 amide bonds. The molecule has 0 fully saturated rings. The fourth-order valence-corrected chi connectivity index (χ4v) is 1.81. The third kappa shape index (κ3) is 6.03. The predicted molar refractivity (Wildman–Crippen MR) is 91.6 cm³/mol. The topological polar surface area (TPSA) is 151 Å². The van der Waals surface area contributed by atoms with Crippen molar-refractivity contribution in [1.82, 2.24) is 15.0 Å². The first-order valence-corrected chi connectivity index (χ1v) is 7.36. The van der Waals surface area contributed by atoms with Gasteiger partial charge in [-0.05, 0) is 12.1 Å². The molecule has 0 spiro atoms. The van der Waals surface area contributed by atoms with E-state index in [1.807, 2.05) is 0 Å². The largest absolute Gasteiger partial charge is 0.441 e. The van der Waals surface area contributed by atoms with Gasteiger partial charge in [-0.25, -0.2) is 19.7 Å². The van der Waals surface area contributed by atoms with Crippen LogP contribution in [0.4, 0.5) is 10.7 Å². The lowest BCUT2D eigenvalue weighted by atomic mass is 10.2. The Hall–Kier alpha value is -3.27. The second-order valence-corrected chi connectivity index (χ2v) is 4.82. The highest BCUT2D eigenvalue weighted by atomic mass is 16.5. The molecule has 0 aliphatic carbocycles. The minimum atomic E-state index is -0.873. The summed E-state index contributed by atoms with van der Waals surface area (Å²) in [6.45, 7) is 1.12. The van der Waals surface area contributed by atoms with Crippen molar-refractivity contribution in [2.75, 3.05) is 25.6 Å². The average molecular weight is 345 g/mol. The van der Waals surface area contributed by atoms with Crippen molar-refractivity contribution in [2.24, 2.45) is 16.5 Å². The first-order chi connectivity index (χ1) is 12.1. The number of ether oxygens (including phenoxy) is 2. The monoisotopic (exact) mass is 345 g/mol. The third-order valence-corrected chi connectivity index (χ3v) is 2.91. The molecule has 10 nitrogen and oxygen atoms in total. The third-order valence-electron chi connectivity index (χ3n) is 2.91. The van der Waals surface area contributed by atoms with Crippen molar-refractivity contribution < 1.29 is 14.3 Å². The van der Waals surface area contributed by atoms with Crippen molar-refractivity contribution in [1.29, 1.82) is 0 Å². The van der Waals surface area contributed by atoms with Crippen LogP contribution in [0.3, 0.4) is 0 Å². The highest BCUT2D eigenvalue weighted by molar-refractivity contribution is 5.87. The number of aliphatic imine (C=N–C) groups is 1. The molecule has 5 N–H and O–H groups in total. The van der Waals surface area contributed by atoms with Gasteiger partial charge in [-0.15, -0.1) is 4.99 Å². The Labute approximate surface area is 144 Å². The molecule has 0 saturated carbocycles. The predicted octanol–water partition coefficient (Wildman–Crippen LogP) is 0.507. The first kappa shape index (κ1) is 18.1. The molecule has 0 aliphatic heterocycles. The van der Waals surface area contributed by atoms with Gasteiger partial charge in [0.25, 0.3) is 0 Å². The molecule has 2 aromatic rings. The first-order valence-electron chi connectivity index (χ1n) is 7.36. The standard InChI is InChI=1S/C15H19N7O3/c1-24-6-5-18-14-19-7-10(8-20-14)12-4-2-3-11(21-12)9-25-15(23)22-13(16)17/h2-4,7-8H,5-6,9H2,1H3,(H,18,19,20)(H4,16,17,22,23). The fraction of sp³-hybridized carbons (Fsp3) is 0.267. The van der Waals surface area contributed by atoms with E-state index in [-0.39, 0.29) is 12.6 Å². The van der Waals surface area contributed by atoms with Crippen molar-refractivity contribution in [3.05, 3.63) is 36.3 Å². The molecular formula is C15H19N7O3. The minimum absolute atomic E-state index is 0.0546. The highest BCUT2D eigenvalue weighted by Crippen LogP contribution is 2.16. The zero-order valence-corrected chi connectivity index (χ0v) is 13.7. The van der Waals surface area contributed by atoms with Gasteiger partial charge in [0.2, 0.25) is 5.95 Å². The SMILES string of the molecule is COCCNc1ncc(-c2cccc(COC(=O)N=C(N)N)n2)cn1. The molecule has 0 aromatic carbocycles. The number of amides is 1. The lowest BCUT2D eigenvalue weighted by Gasteiger charge is -2.06. The number of carbonyl (C=O) groups is 1. The number of rotatable bonds is 7. The van der Waals surface area contributed by atoms with Crippen molar-refractivity contribution in [2.45, 2.75) is 6.61 Å². The van der Waals surface area contributed by atoms with E-state index in [4.69, 9.17) is 20.9 Å². The summed E-state index contributed by atoms with van der Waals surface area (Å²) in [5.41, 5.74) is 12.1. The smallest absolute Gasteiger partial charge is 0.437 e. The van der Waals surface area contributed by atoms with Crippen LogP contribution in [0.25, 0.3) is 11.3 Å². The molecular weight excluding hydrogens is 326 g/mol. The van der Waals surface area contributed by atoms with E-state index in [1.54, 1.807) is 37.7 Å². The molecule has 0 bridgehead atoms. The van der Waals surface area contributed by atoms with E-state index in [2.05, 4.69) is 25.3 Å². The number of nitrogens with two attached hydrogens (primary N) is 2. The van der Waals surface area contributed by atoms with E-state index in [1.165, 1.54) is 0 Å². The number of nitrogens with one attached hydrogen (secondary N) is 1. The number of carbonyl (C=O) groups excluding carboxylic acids is 1. The molecule has 2 heterocycles. The lowest BCUT2D eigenvalue weighted by Crippen LogP contribution is -2.24. The number of anilines is 1. The molecule has 0 radical (unpaired) electrons. The summed E-state index contributed by atoms with van der Waals surface area (Å²) in [5, 5.41) is 3.03. The van der Waals surface area contributed by atoms with E-state index >= 15 is 0 Å². The molecule has 132 valence electrons. The van der Waals surface area contributed by atoms with Crippen molar-refractivity contribution in [3.63, 3.8) is 0 Å². The molecule has 0 atom stereocenters. The summed E-state index contributed by atoms with van der Waals surface area (Å²) in [4.78, 5) is 27.4. The van der Waals surface area contributed by atoms with E-state index in [0.717, 1.165) is 5.56 Å². The number of hydrogen-bond donors (Lipinski definition) is 3. The Morgan fingerprint density at radius 3 is 2.72 bits per heavy atom. The van der Waals surface area contributed by atoms with Gasteiger partial charge in [0, 0.05) is 31.6 Å². The Morgan fingerprint density at radius 1 is 1.28 bits per heavy atom. The van der Waals surface area contributed by atoms with Crippen LogP contribution in [0.1, 0.15) is 5.69 Å². The average Bonchev–Trinajstić information content (AvgIpc) is 2.60. The lowest BCUT2D eigenvalue weighted by molar-refractivity contribution is 0.149. The number of pyridine rings is 1. The van der Waals surface area contributed by atoms with Crippen LogP contribution in [0, 0.1) is 0 Å². The van der Waals surface area contributed by atoms with E-state index < -0.39 is 6.09 Å². The molecule has 0 saturated heterocycles. The van der Waals surface area contributed by atoms with Gasteiger partial charge in [0.15, 0.2) is 5.96 Å². The van der Waals surface area contributed by atoms with Crippen LogP contribution in [0.15, 0.2) is 35.6 Å². The Kier molecular flexibility index (Phi) is 6.60. The van der Waals surface area contributed by atoms with Gasteiger partial charge in [0.1, 0.15) is 6.61 Å². The molecule has 2 aromatic heterocycles. The van der Waals surface area contributed by atoms with Crippen LogP contribution in [-0.2, 0) is 16.1 Å². The zero-order valence-electron chi connectivity index (χ0n) is 13.7. The summed E-state index contributed by atoms with van der Waals surface area (Å²) in [6.07, 6.45) is 2.43.